The second-order valence-corrected chi connectivity index (χ2v) is 7.80. The number of nitrogens with one attached hydrogen (secondary N) is 1. The van der Waals surface area contributed by atoms with E-state index in [4.69, 9.17) is 17.3 Å². The van der Waals surface area contributed by atoms with Gasteiger partial charge >= 0.3 is 10.2 Å². The minimum Gasteiger partial charge on any atom is -0.330 e. The molecule has 0 amide bonds. The van der Waals surface area contributed by atoms with Crippen molar-refractivity contribution in [2.24, 2.45) is 11.7 Å². The Morgan fingerprint density at radius 1 is 1.40 bits per heavy atom. The summed E-state index contributed by atoms with van der Waals surface area (Å²) in [6.07, 6.45) is 1.59. The van der Waals surface area contributed by atoms with Gasteiger partial charge in [-0.25, -0.2) is 0 Å². The summed E-state index contributed by atoms with van der Waals surface area (Å²) in [5.74, 6) is 0.415. The Balaban J connectivity index is 2.08. The van der Waals surface area contributed by atoms with Gasteiger partial charge in [-0.05, 0) is 43.5 Å². The normalized spacial score (nSPS) is 18.1. The van der Waals surface area contributed by atoms with Crippen molar-refractivity contribution in [1.29, 1.82) is 0 Å². The zero-order chi connectivity index (χ0) is 14.8. The number of halogens is 2. The van der Waals surface area contributed by atoms with Gasteiger partial charge in [0.25, 0.3) is 0 Å². The molecular weight excluding hydrogens is 366 g/mol. The number of nitrogens with two attached hydrogens (primary N) is 1. The molecule has 1 aliphatic rings. The Hall–Kier alpha value is -0.340. The van der Waals surface area contributed by atoms with Gasteiger partial charge in [-0.2, -0.15) is 12.7 Å². The number of hydrogen-bond donors (Lipinski definition) is 2. The molecule has 0 bridgehead atoms. The van der Waals surface area contributed by atoms with Gasteiger partial charge in [0.2, 0.25) is 0 Å². The second-order valence-electron chi connectivity index (χ2n) is 4.81. The molecule has 0 radical (unpaired) electrons. The highest BCUT2D eigenvalue weighted by Crippen LogP contribution is 2.28. The van der Waals surface area contributed by atoms with Crippen LogP contribution in [0.15, 0.2) is 22.7 Å². The first-order chi connectivity index (χ1) is 9.42. The van der Waals surface area contributed by atoms with Crippen LogP contribution in [0.25, 0.3) is 0 Å². The molecule has 1 heterocycles. The van der Waals surface area contributed by atoms with Gasteiger partial charge in [-0.3, -0.25) is 4.72 Å². The van der Waals surface area contributed by atoms with E-state index in [1.54, 1.807) is 18.2 Å². The smallest absolute Gasteiger partial charge is 0.301 e. The summed E-state index contributed by atoms with van der Waals surface area (Å²) in [6.45, 7) is 1.59. The van der Waals surface area contributed by atoms with Crippen LogP contribution in [0.1, 0.15) is 12.8 Å². The highest BCUT2D eigenvalue weighted by molar-refractivity contribution is 9.10. The average Bonchev–Trinajstić information content (AvgIpc) is 2.42. The molecule has 8 heteroatoms. The van der Waals surface area contributed by atoms with E-state index in [9.17, 15) is 8.42 Å². The summed E-state index contributed by atoms with van der Waals surface area (Å²) in [6, 6.07) is 5.03. The zero-order valence-corrected chi connectivity index (χ0v) is 14.0. The molecule has 5 nitrogen and oxygen atoms in total. The number of hydrogen-bond acceptors (Lipinski definition) is 3. The molecule has 0 spiro atoms. The highest BCUT2D eigenvalue weighted by Gasteiger charge is 2.27. The van der Waals surface area contributed by atoms with Crippen molar-refractivity contribution in [3.05, 3.63) is 27.7 Å². The minimum absolute atomic E-state index is 0.361. The lowest BCUT2D eigenvalue weighted by molar-refractivity contribution is 0.280. The Labute approximate surface area is 132 Å². The molecule has 0 unspecified atom stereocenters. The first-order valence-electron chi connectivity index (χ1n) is 6.35. The van der Waals surface area contributed by atoms with E-state index in [-0.39, 0.29) is 0 Å². The number of nitrogens with zero attached hydrogens (tertiary/aromatic N) is 1. The molecule has 1 aromatic carbocycles. The molecular formula is C12H17BrClN3O2S. The predicted molar refractivity (Wildman–Crippen MR) is 85.0 cm³/mol. The summed E-state index contributed by atoms with van der Waals surface area (Å²) in [5, 5.41) is 0.361. The molecule has 2 rings (SSSR count). The molecule has 1 aliphatic heterocycles. The van der Waals surface area contributed by atoms with Gasteiger partial charge in [-0.1, -0.05) is 27.5 Å². The first kappa shape index (κ1) is 16.0. The van der Waals surface area contributed by atoms with E-state index in [0.717, 1.165) is 17.3 Å². The summed E-state index contributed by atoms with van der Waals surface area (Å²) >= 11 is 9.31. The summed E-state index contributed by atoms with van der Waals surface area (Å²) in [4.78, 5) is 0. The monoisotopic (exact) mass is 381 g/mol. The van der Waals surface area contributed by atoms with Crippen LogP contribution >= 0.6 is 27.5 Å². The van der Waals surface area contributed by atoms with Gasteiger partial charge in [0.15, 0.2) is 0 Å². The van der Waals surface area contributed by atoms with Crippen molar-refractivity contribution in [3.8, 4) is 0 Å². The Kier molecular flexibility index (Phi) is 5.30. The van der Waals surface area contributed by atoms with Crippen molar-refractivity contribution in [1.82, 2.24) is 4.31 Å². The van der Waals surface area contributed by atoms with Gasteiger partial charge < -0.3 is 5.73 Å². The second kappa shape index (κ2) is 6.62. The van der Waals surface area contributed by atoms with Gasteiger partial charge in [0.1, 0.15) is 0 Å². The lowest BCUT2D eigenvalue weighted by atomic mass is 9.99. The lowest BCUT2D eigenvalue weighted by Gasteiger charge is -2.30. The van der Waals surface area contributed by atoms with Crippen LogP contribution in [0.2, 0.25) is 5.02 Å². The summed E-state index contributed by atoms with van der Waals surface area (Å²) < 4.78 is 29.4. The van der Waals surface area contributed by atoms with Crippen molar-refractivity contribution in [3.63, 3.8) is 0 Å². The third-order valence-electron chi connectivity index (χ3n) is 3.42. The number of piperidine rings is 1. The van der Waals surface area contributed by atoms with Crippen LogP contribution in [0, 0.1) is 5.92 Å². The minimum atomic E-state index is -3.56. The topological polar surface area (TPSA) is 75.4 Å². The van der Waals surface area contributed by atoms with Crippen LogP contribution in [-0.4, -0.2) is 32.4 Å². The van der Waals surface area contributed by atoms with E-state index in [0.29, 0.717) is 36.3 Å². The largest absolute Gasteiger partial charge is 0.330 e. The average molecular weight is 383 g/mol. The molecule has 1 aromatic rings. The Morgan fingerprint density at radius 2 is 2.05 bits per heavy atom. The molecule has 3 N–H and O–H groups in total. The molecule has 0 saturated carbocycles. The van der Waals surface area contributed by atoms with Crippen LogP contribution in [0.3, 0.4) is 0 Å². The SMILES string of the molecule is NCC1CCN(S(=O)(=O)Nc2ccc(Br)cc2Cl)CC1. The van der Waals surface area contributed by atoms with Crippen LogP contribution in [-0.2, 0) is 10.2 Å². The fourth-order valence-corrected chi connectivity index (χ4v) is 4.21. The fourth-order valence-electron chi connectivity index (χ4n) is 2.16. The lowest BCUT2D eigenvalue weighted by Crippen LogP contribution is -2.42. The highest BCUT2D eigenvalue weighted by atomic mass is 79.9. The number of rotatable bonds is 4. The van der Waals surface area contributed by atoms with E-state index in [1.807, 2.05) is 0 Å². The van der Waals surface area contributed by atoms with E-state index >= 15 is 0 Å². The van der Waals surface area contributed by atoms with E-state index in [2.05, 4.69) is 20.7 Å². The molecule has 20 heavy (non-hydrogen) atoms. The Bertz CT molecular complexity index is 574. The molecule has 112 valence electrons. The van der Waals surface area contributed by atoms with Crippen LogP contribution in [0.5, 0.6) is 0 Å². The standard InChI is InChI=1S/C12H17BrClN3O2S/c13-10-1-2-12(11(14)7-10)16-20(18,19)17-5-3-9(8-15)4-6-17/h1-2,7,9,16H,3-6,8,15H2. The van der Waals surface area contributed by atoms with Crippen molar-refractivity contribution >= 4 is 43.4 Å². The zero-order valence-electron chi connectivity index (χ0n) is 10.9. The maximum absolute atomic E-state index is 12.3. The quantitative estimate of drug-likeness (QED) is 0.840. The van der Waals surface area contributed by atoms with Crippen LogP contribution in [0.4, 0.5) is 5.69 Å². The van der Waals surface area contributed by atoms with E-state index < -0.39 is 10.2 Å². The number of benzene rings is 1. The molecule has 1 saturated heterocycles. The molecule has 0 aliphatic carbocycles. The van der Waals surface area contributed by atoms with Gasteiger partial charge in [0.05, 0.1) is 10.7 Å². The first-order valence-corrected chi connectivity index (χ1v) is 8.96. The molecule has 0 atom stereocenters. The summed E-state index contributed by atoms with van der Waals surface area (Å²) in [5.41, 5.74) is 5.99. The third kappa shape index (κ3) is 3.85. The summed E-state index contributed by atoms with van der Waals surface area (Å²) in [7, 11) is -3.56. The predicted octanol–water partition coefficient (Wildman–Crippen LogP) is 2.43. The number of anilines is 1. The van der Waals surface area contributed by atoms with Crippen LogP contribution < -0.4 is 10.5 Å². The maximum Gasteiger partial charge on any atom is 0.301 e. The molecule has 1 fully saturated rings. The van der Waals surface area contributed by atoms with Crippen molar-refractivity contribution < 1.29 is 8.42 Å². The van der Waals surface area contributed by atoms with E-state index in [1.165, 1.54) is 4.31 Å². The maximum atomic E-state index is 12.3. The van der Waals surface area contributed by atoms with Crippen molar-refractivity contribution in [2.45, 2.75) is 12.8 Å². The Morgan fingerprint density at radius 3 is 2.60 bits per heavy atom. The molecule has 0 aromatic heterocycles. The van der Waals surface area contributed by atoms with Gasteiger partial charge in [0, 0.05) is 17.6 Å². The third-order valence-corrected chi connectivity index (χ3v) is 5.75. The van der Waals surface area contributed by atoms with Crippen molar-refractivity contribution in [2.75, 3.05) is 24.4 Å². The fraction of sp³-hybridized carbons (Fsp3) is 0.500. The van der Waals surface area contributed by atoms with Gasteiger partial charge in [-0.15, -0.1) is 0 Å².